The first kappa shape index (κ1) is 20.3. The highest BCUT2D eigenvalue weighted by Crippen LogP contribution is 2.32. The Kier molecular flexibility index (Phi) is 5.98. The van der Waals surface area contributed by atoms with E-state index in [1.807, 2.05) is 32.2 Å². The Morgan fingerprint density at radius 1 is 1.25 bits per heavy atom. The molecule has 0 unspecified atom stereocenters. The summed E-state index contributed by atoms with van der Waals surface area (Å²) < 4.78 is 6.80. The SMILES string of the molecule is CC[C@@H](C(=O)OCC(C)C)n1cnc2scc(-c3ccc(C)c(C)c3)c2c1=O. The number of rotatable bonds is 6. The lowest BCUT2D eigenvalue weighted by atomic mass is 10.0. The lowest BCUT2D eigenvalue weighted by molar-refractivity contribution is -0.149. The molecular formula is C22H26N2O3S. The second-order valence-corrected chi connectivity index (χ2v) is 8.39. The molecule has 0 N–H and O–H groups in total. The minimum atomic E-state index is -0.671. The van der Waals surface area contributed by atoms with E-state index in [1.165, 1.54) is 33.4 Å². The Labute approximate surface area is 169 Å². The van der Waals surface area contributed by atoms with Crippen LogP contribution < -0.4 is 5.56 Å². The standard InChI is InChI=1S/C22H26N2O3S/c1-6-18(22(26)27-10-13(2)3)24-12-23-20-19(21(24)25)17(11-28-20)16-8-7-14(4)15(5)9-16/h7-9,11-13,18H,6,10H2,1-5H3/t18-/m0/s1. The van der Waals surface area contributed by atoms with Crippen LogP contribution in [0.15, 0.2) is 34.7 Å². The van der Waals surface area contributed by atoms with Gasteiger partial charge in [-0.1, -0.05) is 39.0 Å². The number of hydrogen-bond acceptors (Lipinski definition) is 5. The Hall–Kier alpha value is -2.47. The largest absolute Gasteiger partial charge is 0.464 e. The summed E-state index contributed by atoms with van der Waals surface area (Å²) in [7, 11) is 0. The minimum absolute atomic E-state index is 0.201. The van der Waals surface area contributed by atoms with Gasteiger partial charge in [-0.05, 0) is 42.9 Å². The maximum Gasteiger partial charge on any atom is 0.329 e. The number of esters is 1. The van der Waals surface area contributed by atoms with Crippen LogP contribution in [0.5, 0.6) is 0 Å². The summed E-state index contributed by atoms with van der Waals surface area (Å²) in [5, 5.41) is 2.52. The molecule has 1 aromatic carbocycles. The van der Waals surface area contributed by atoms with Gasteiger partial charge in [-0.2, -0.15) is 0 Å². The van der Waals surface area contributed by atoms with Gasteiger partial charge < -0.3 is 4.74 Å². The predicted octanol–water partition coefficient (Wildman–Crippen LogP) is 4.89. The fraction of sp³-hybridized carbons (Fsp3) is 0.409. The highest BCUT2D eigenvalue weighted by molar-refractivity contribution is 7.17. The van der Waals surface area contributed by atoms with Crippen molar-refractivity contribution >= 4 is 27.5 Å². The minimum Gasteiger partial charge on any atom is -0.464 e. The molecule has 6 heteroatoms. The van der Waals surface area contributed by atoms with E-state index >= 15 is 0 Å². The summed E-state index contributed by atoms with van der Waals surface area (Å²) >= 11 is 1.44. The second-order valence-electron chi connectivity index (χ2n) is 7.53. The maximum absolute atomic E-state index is 13.3. The third kappa shape index (κ3) is 3.87. The quantitative estimate of drug-likeness (QED) is 0.555. The van der Waals surface area contributed by atoms with Crippen LogP contribution in [0.1, 0.15) is 44.4 Å². The molecule has 0 fully saturated rings. The van der Waals surface area contributed by atoms with Gasteiger partial charge in [-0.25, -0.2) is 9.78 Å². The lowest BCUT2D eigenvalue weighted by Crippen LogP contribution is -2.31. The van der Waals surface area contributed by atoms with Crippen molar-refractivity contribution in [3.63, 3.8) is 0 Å². The molecule has 3 aromatic rings. The highest BCUT2D eigenvalue weighted by Gasteiger charge is 2.24. The normalized spacial score (nSPS) is 12.5. The first-order valence-electron chi connectivity index (χ1n) is 9.56. The number of carbonyl (C=O) groups excluding carboxylic acids is 1. The average Bonchev–Trinajstić information content (AvgIpc) is 3.09. The van der Waals surface area contributed by atoms with Gasteiger partial charge in [0.2, 0.25) is 0 Å². The monoisotopic (exact) mass is 398 g/mol. The van der Waals surface area contributed by atoms with E-state index in [1.54, 1.807) is 0 Å². The van der Waals surface area contributed by atoms with Gasteiger partial charge >= 0.3 is 5.97 Å². The average molecular weight is 399 g/mol. The number of hydrogen-bond donors (Lipinski definition) is 0. The molecule has 0 saturated heterocycles. The third-order valence-electron chi connectivity index (χ3n) is 4.89. The molecule has 0 aliphatic heterocycles. The molecular weight excluding hydrogens is 372 g/mol. The molecule has 2 heterocycles. The van der Waals surface area contributed by atoms with E-state index in [2.05, 4.69) is 31.0 Å². The molecule has 2 aromatic heterocycles. The molecule has 0 radical (unpaired) electrons. The number of aryl methyl sites for hydroxylation is 2. The highest BCUT2D eigenvalue weighted by atomic mass is 32.1. The molecule has 28 heavy (non-hydrogen) atoms. The van der Waals surface area contributed by atoms with Crippen molar-refractivity contribution in [2.45, 2.75) is 47.1 Å². The first-order valence-corrected chi connectivity index (χ1v) is 10.4. The number of benzene rings is 1. The summed E-state index contributed by atoms with van der Waals surface area (Å²) in [5.41, 5.74) is 4.03. The predicted molar refractivity (Wildman–Crippen MR) is 114 cm³/mol. The smallest absolute Gasteiger partial charge is 0.329 e. The fourth-order valence-electron chi connectivity index (χ4n) is 3.11. The van der Waals surface area contributed by atoms with Gasteiger partial charge in [-0.15, -0.1) is 11.3 Å². The Morgan fingerprint density at radius 3 is 2.64 bits per heavy atom. The lowest BCUT2D eigenvalue weighted by Gasteiger charge is -2.17. The van der Waals surface area contributed by atoms with Crippen LogP contribution in [0.25, 0.3) is 21.3 Å². The second kappa shape index (κ2) is 8.27. The van der Waals surface area contributed by atoms with Crippen molar-refractivity contribution in [1.29, 1.82) is 0 Å². The van der Waals surface area contributed by atoms with E-state index in [4.69, 9.17) is 4.74 Å². The van der Waals surface area contributed by atoms with E-state index in [0.717, 1.165) is 11.1 Å². The molecule has 0 saturated carbocycles. The number of ether oxygens (including phenoxy) is 1. The van der Waals surface area contributed by atoms with Crippen LogP contribution in [-0.2, 0) is 9.53 Å². The molecule has 0 aliphatic rings. The molecule has 5 nitrogen and oxygen atoms in total. The zero-order chi connectivity index (χ0) is 20.4. The van der Waals surface area contributed by atoms with Gasteiger partial charge in [0.25, 0.3) is 5.56 Å². The summed E-state index contributed by atoms with van der Waals surface area (Å²) in [5.74, 6) is -0.144. The van der Waals surface area contributed by atoms with Crippen molar-refractivity contribution in [1.82, 2.24) is 9.55 Å². The van der Waals surface area contributed by atoms with Gasteiger partial charge in [0.1, 0.15) is 10.9 Å². The first-order chi connectivity index (χ1) is 13.3. The molecule has 0 spiro atoms. The van der Waals surface area contributed by atoms with Crippen LogP contribution in [0, 0.1) is 19.8 Å². The number of fused-ring (bicyclic) bond motifs is 1. The van der Waals surface area contributed by atoms with Crippen molar-refractivity contribution in [2.24, 2.45) is 5.92 Å². The van der Waals surface area contributed by atoms with E-state index in [0.29, 0.717) is 23.2 Å². The number of aromatic nitrogens is 2. The topological polar surface area (TPSA) is 61.2 Å². The summed E-state index contributed by atoms with van der Waals surface area (Å²) in [4.78, 5) is 31.0. The Morgan fingerprint density at radius 2 is 2.00 bits per heavy atom. The third-order valence-corrected chi connectivity index (χ3v) is 5.78. The van der Waals surface area contributed by atoms with Gasteiger partial charge in [-0.3, -0.25) is 9.36 Å². The fourth-order valence-corrected chi connectivity index (χ4v) is 4.02. The van der Waals surface area contributed by atoms with Crippen LogP contribution in [0.4, 0.5) is 0 Å². The van der Waals surface area contributed by atoms with Crippen molar-refractivity contribution in [3.05, 3.63) is 51.4 Å². The molecule has 0 bridgehead atoms. The maximum atomic E-state index is 13.3. The van der Waals surface area contributed by atoms with Crippen molar-refractivity contribution in [2.75, 3.05) is 6.61 Å². The van der Waals surface area contributed by atoms with Crippen LogP contribution >= 0.6 is 11.3 Å². The molecule has 0 amide bonds. The van der Waals surface area contributed by atoms with Gasteiger partial charge in [0.05, 0.1) is 18.3 Å². The Bertz CT molecular complexity index is 1070. The van der Waals surface area contributed by atoms with Crippen LogP contribution in [0.2, 0.25) is 0 Å². The summed E-state index contributed by atoms with van der Waals surface area (Å²) in [6.07, 6.45) is 1.93. The zero-order valence-electron chi connectivity index (χ0n) is 17.0. The van der Waals surface area contributed by atoms with Gasteiger partial charge in [0.15, 0.2) is 0 Å². The molecule has 148 valence electrons. The summed E-state index contributed by atoms with van der Waals surface area (Å²) in [6, 6.07) is 5.49. The van der Waals surface area contributed by atoms with Crippen molar-refractivity contribution in [3.8, 4) is 11.1 Å². The zero-order valence-corrected chi connectivity index (χ0v) is 17.8. The van der Waals surface area contributed by atoms with Gasteiger partial charge in [0, 0.05) is 10.9 Å². The number of nitrogens with zero attached hydrogens (tertiary/aromatic N) is 2. The van der Waals surface area contributed by atoms with E-state index in [9.17, 15) is 9.59 Å². The van der Waals surface area contributed by atoms with E-state index in [-0.39, 0.29) is 17.4 Å². The Balaban J connectivity index is 2.08. The van der Waals surface area contributed by atoms with Crippen LogP contribution in [0.3, 0.4) is 0 Å². The van der Waals surface area contributed by atoms with Crippen molar-refractivity contribution < 1.29 is 9.53 Å². The van der Waals surface area contributed by atoms with Crippen LogP contribution in [-0.4, -0.2) is 22.1 Å². The molecule has 1 atom stereocenters. The summed E-state index contributed by atoms with van der Waals surface area (Å²) in [6.45, 7) is 10.3. The number of carbonyl (C=O) groups is 1. The molecule has 3 rings (SSSR count). The van der Waals surface area contributed by atoms with E-state index < -0.39 is 6.04 Å². The number of thiophene rings is 1. The molecule has 0 aliphatic carbocycles.